The van der Waals surface area contributed by atoms with Gasteiger partial charge in [0.1, 0.15) is 12.1 Å². The third-order valence-corrected chi connectivity index (χ3v) is 3.43. The summed E-state index contributed by atoms with van der Waals surface area (Å²) in [5, 5.41) is 14.0. The molecule has 0 saturated carbocycles. The van der Waals surface area contributed by atoms with E-state index < -0.39 is 11.4 Å². The molecule has 0 aliphatic heterocycles. The molecule has 17 heavy (non-hydrogen) atoms. The molecule has 0 aliphatic carbocycles. The molecule has 0 aromatic carbocycles. The number of aromatic nitrogens is 2. The van der Waals surface area contributed by atoms with E-state index in [-0.39, 0.29) is 0 Å². The van der Waals surface area contributed by atoms with Gasteiger partial charge in [-0.05, 0) is 25.3 Å². The topological polar surface area (TPSA) is 75.1 Å². The summed E-state index contributed by atoms with van der Waals surface area (Å²) in [4.78, 5) is 19.2. The molecule has 2 aromatic rings. The van der Waals surface area contributed by atoms with Gasteiger partial charge in [-0.25, -0.2) is 9.97 Å². The highest BCUT2D eigenvalue weighted by Crippen LogP contribution is 2.26. The Bertz CT molecular complexity index is 550. The van der Waals surface area contributed by atoms with E-state index in [9.17, 15) is 4.79 Å². The maximum absolute atomic E-state index is 11.0. The Hall–Kier alpha value is -1.69. The van der Waals surface area contributed by atoms with E-state index in [4.69, 9.17) is 5.11 Å². The van der Waals surface area contributed by atoms with E-state index in [1.165, 1.54) is 17.7 Å². The summed E-state index contributed by atoms with van der Waals surface area (Å²) in [5.41, 5.74) is 0.0507. The lowest BCUT2D eigenvalue weighted by Gasteiger charge is -2.19. The fourth-order valence-corrected chi connectivity index (χ4v) is 2.11. The molecule has 0 fully saturated rings. The van der Waals surface area contributed by atoms with E-state index in [1.54, 1.807) is 13.8 Å². The normalized spacial score (nSPS) is 11.6. The van der Waals surface area contributed by atoms with Crippen LogP contribution in [0.1, 0.15) is 13.8 Å². The zero-order valence-corrected chi connectivity index (χ0v) is 10.4. The fourth-order valence-electron chi connectivity index (χ4n) is 1.30. The highest BCUT2D eigenvalue weighted by Gasteiger charge is 2.27. The maximum atomic E-state index is 11.0. The predicted molar refractivity (Wildman–Crippen MR) is 67.3 cm³/mol. The molecular weight excluding hydrogens is 238 g/mol. The average Bonchev–Trinajstić information content (AvgIpc) is 2.74. The SMILES string of the molecule is CC(C)(CNc1ncnc2ccsc12)C(=O)O. The molecule has 2 aromatic heterocycles. The Morgan fingerprint density at radius 1 is 1.53 bits per heavy atom. The van der Waals surface area contributed by atoms with Crippen LogP contribution in [0.2, 0.25) is 0 Å². The third kappa shape index (κ3) is 2.36. The van der Waals surface area contributed by atoms with Gasteiger partial charge >= 0.3 is 5.97 Å². The minimum Gasteiger partial charge on any atom is -0.481 e. The van der Waals surface area contributed by atoms with E-state index in [0.717, 1.165) is 10.2 Å². The highest BCUT2D eigenvalue weighted by atomic mass is 32.1. The van der Waals surface area contributed by atoms with Gasteiger partial charge in [-0.2, -0.15) is 0 Å². The summed E-state index contributed by atoms with van der Waals surface area (Å²) in [6.45, 7) is 3.68. The zero-order chi connectivity index (χ0) is 12.5. The molecule has 2 heterocycles. The molecular formula is C11H13N3O2S. The van der Waals surface area contributed by atoms with E-state index in [0.29, 0.717) is 12.4 Å². The highest BCUT2D eigenvalue weighted by molar-refractivity contribution is 7.17. The van der Waals surface area contributed by atoms with Gasteiger partial charge in [0.05, 0.1) is 15.6 Å². The molecule has 2 N–H and O–H groups in total. The number of fused-ring (bicyclic) bond motifs is 1. The third-order valence-electron chi connectivity index (χ3n) is 2.52. The molecule has 0 amide bonds. The molecule has 0 spiro atoms. The molecule has 0 aliphatic rings. The second kappa shape index (κ2) is 4.29. The smallest absolute Gasteiger partial charge is 0.310 e. The number of rotatable bonds is 4. The molecule has 0 unspecified atom stereocenters. The minimum atomic E-state index is -0.832. The van der Waals surface area contributed by atoms with E-state index in [1.807, 2.05) is 11.4 Å². The molecule has 0 atom stereocenters. The Labute approximate surface area is 103 Å². The number of thiophene rings is 1. The number of anilines is 1. The molecule has 90 valence electrons. The van der Waals surface area contributed by atoms with Crippen molar-refractivity contribution >= 4 is 33.3 Å². The standard InChI is InChI=1S/C11H13N3O2S/c1-11(2,10(15)16)5-12-9-8-7(3-4-17-8)13-6-14-9/h3-4,6H,5H2,1-2H3,(H,15,16)(H,12,13,14). The van der Waals surface area contributed by atoms with Crippen LogP contribution in [-0.4, -0.2) is 27.6 Å². The Balaban J connectivity index is 2.19. The first-order chi connectivity index (χ1) is 8.00. The lowest BCUT2D eigenvalue weighted by molar-refractivity contribution is -0.146. The summed E-state index contributed by atoms with van der Waals surface area (Å²) < 4.78 is 0.952. The second-order valence-corrected chi connectivity index (χ2v) is 5.32. The number of carbonyl (C=O) groups is 1. The van der Waals surface area contributed by atoms with Crippen molar-refractivity contribution in [2.75, 3.05) is 11.9 Å². The van der Waals surface area contributed by atoms with Crippen molar-refractivity contribution in [1.29, 1.82) is 0 Å². The molecule has 0 radical (unpaired) electrons. The first kappa shape index (κ1) is 11.8. The minimum absolute atomic E-state index is 0.326. The summed E-state index contributed by atoms with van der Waals surface area (Å²) in [7, 11) is 0. The lowest BCUT2D eigenvalue weighted by atomic mass is 9.94. The van der Waals surface area contributed by atoms with E-state index in [2.05, 4.69) is 15.3 Å². The van der Waals surface area contributed by atoms with Crippen LogP contribution in [-0.2, 0) is 4.79 Å². The molecule has 6 heteroatoms. The Morgan fingerprint density at radius 3 is 3.00 bits per heavy atom. The van der Waals surface area contributed by atoms with Gasteiger partial charge in [-0.15, -0.1) is 11.3 Å². The van der Waals surface area contributed by atoms with Crippen molar-refractivity contribution in [1.82, 2.24) is 9.97 Å². The van der Waals surface area contributed by atoms with Gasteiger partial charge in [0.2, 0.25) is 0 Å². The van der Waals surface area contributed by atoms with Crippen LogP contribution in [0.5, 0.6) is 0 Å². The van der Waals surface area contributed by atoms with Crippen molar-refractivity contribution in [3.05, 3.63) is 17.8 Å². The van der Waals surface area contributed by atoms with Crippen LogP contribution >= 0.6 is 11.3 Å². The van der Waals surface area contributed by atoms with Crippen molar-refractivity contribution in [2.45, 2.75) is 13.8 Å². The Morgan fingerprint density at radius 2 is 2.29 bits per heavy atom. The molecule has 2 rings (SSSR count). The van der Waals surface area contributed by atoms with Crippen LogP contribution in [0.4, 0.5) is 5.82 Å². The first-order valence-electron chi connectivity index (χ1n) is 5.16. The predicted octanol–water partition coefficient (Wildman–Crippen LogP) is 2.21. The largest absolute Gasteiger partial charge is 0.481 e. The number of nitrogens with one attached hydrogen (secondary N) is 1. The average molecular weight is 251 g/mol. The number of hydrogen-bond donors (Lipinski definition) is 2. The van der Waals surface area contributed by atoms with Gasteiger partial charge in [0, 0.05) is 6.54 Å². The quantitative estimate of drug-likeness (QED) is 0.871. The van der Waals surface area contributed by atoms with Crippen molar-refractivity contribution < 1.29 is 9.90 Å². The number of aliphatic carboxylic acids is 1. The van der Waals surface area contributed by atoms with Gasteiger partial charge in [-0.1, -0.05) is 0 Å². The molecule has 0 bridgehead atoms. The van der Waals surface area contributed by atoms with Gasteiger partial charge < -0.3 is 10.4 Å². The fraction of sp³-hybridized carbons (Fsp3) is 0.364. The van der Waals surface area contributed by atoms with Crippen LogP contribution in [0, 0.1) is 5.41 Å². The van der Waals surface area contributed by atoms with Crippen molar-refractivity contribution in [3.8, 4) is 0 Å². The molecule has 5 nitrogen and oxygen atoms in total. The zero-order valence-electron chi connectivity index (χ0n) is 9.60. The lowest BCUT2D eigenvalue weighted by Crippen LogP contribution is -2.32. The second-order valence-electron chi connectivity index (χ2n) is 4.40. The van der Waals surface area contributed by atoms with Crippen LogP contribution in [0.25, 0.3) is 10.2 Å². The summed E-state index contributed by atoms with van der Waals surface area (Å²) in [6.07, 6.45) is 1.48. The number of hydrogen-bond acceptors (Lipinski definition) is 5. The van der Waals surface area contributed by atoms with Gasteiger partial charge in [0.15, 0.2) is 0 Å². The summed E-state index contributed by atoms with van der Waals surface area (Å²) in [5.74, 6) is -0.138. The Kier molecular flexibility index (Phi) is 2.97. The monoisotopic (exact) mass is 251 g/mol. The summed E-state index contributed by atoms with van der Waals surface area (Å²) in [6, 6.07) is 1.91. The van der Waals surface area contributed by atoms with Gasteiger partial charge in [0.25, 0.3) is 0 Å². The van der Waals surface area contributed by atoms with Gasteiger partial charge in [-0.3, -0.25) is 4.79 Å². The number of carboxylic acid groups (broad SMARTS) is 1. The van der Waals surface area contributed by atoms with Crippen LogP contribution < -0.4 is 5.32 Å². The van der Waals surface area contributed by atoms with Crippen molar-refractivity contribution in [3.63, 3.8) is 0 Å². The van der Waals surface area contributed by atoms with Crippen molar-refractivity contribution in [2.24, 2.45) is 5.41 Å². The van der Waals surface area contributed by atoms with E-state index >= 15 is 0 Å². The first-order valence-corrected chi connectivity index (χ1v) is 6.04. The van der Waals surface area contributed by atoms with Crippen LogP contribution in [0.15, 0.2) is 17.8 Å². The maximum Gasteiger partial charge on any atom is 0.310 e. The summed E-state index contributed by atoms with van der Waals surface area (Å²) >= 11 is 1.54. The van der Waals surface area contributed by atoms with Crippen LogP contribution in [0.3, 0.4) is 0 Å². The number of nitrogens with zero attached hydrogens (tertiary/aromatic N) is 2. The molecule has 0 saturated heterocycles. The number of carboxylic acids is 1.